The molecule has 2 heteroatoms. The largest absolute Gasteiger partial charge is 0.303 e. The van der Waals surface area contributed by atoms with Crippen molar-refractivity contribution in [1.82, 2.24) is 4.90 Å². The zero-order valence-electron chi connectivity index (χ0n) is 13.0. The number of ketones is 1. The third-order valence-corrected chi connectivity index (χ3v) is 5.28. The number of hydrogen-bond acceptors (Lipinski definition) is 2. The molecule has 0 unspecified atom stereocenters. The predicted octanol–water partition coefficient (Wildman–Crippen LogP) is 3.86. The fraction of sp³-hybridized carbons (Fsp3) is 0.526. The van der Waals surface area contributed by atoms with Crippen molar-refractivity contribution in [1.29, 1.82) is 0 Å². The molecule has 0 N–H and O–H groups in total. The smallest absolute Gasteiger partial charge is 0.169 e. The van der Waals surface area contributed by atoms with E-state index >= 15 is 0 Å². The highest BCUT2D eigenvalue weighted by Gasteiger charge is 2.43. The van der Waals surface area contributed by atoms with Crippen molar-refractivity contribution >= 4 is 5.78 Å². The molecule has 112 valence electrons. The topological polar surface area (TPSA) is 20.3 Å². The lowest BCUT2D eigenvalue weighted by atomic mass is 9.65. The minimum absolute atomic E-state index is 0.0640. The third-order valence-electron chi connectivity index (χ3n) is 5.28. The zero-order chi connectivity index (χ0) is 14.7. The van der Waals surface area contributed by atoms with Gasteiger partial charge in [0.1, 0.15) is 0 Å². The number of allylic oxidation sites excluding steroid dienone is 1. The molecule has 1 saturated heterocycles. The van der Waals surface area contributed by atoms with Crippen LogP contribution in [0.2, 0.25) is 0 Å². The summed E-state index contributed by atoms with van der Waals surface area (Å²) >= 11 is 0. The van der Waals surface area contributed by atoms with E-state index in [0.717, 1.165) is 57.3 Å². The van der Waals surface area contributed by atoms with Gasteiger partial charge in [-0.15, -0.1) is 0 Å². The van der Waals surface area contributed by atoms with Gasteiger partial charge in [0.2, 0.25) is 0 Å². The van der Waals surface area contributed by atoms with Crippen LogP contribution in [0.15, 0.2) is 36.4 Å². The first-order chi connectivity index (χ1) is 10.2. The Morgan fingerprint density at radius 3 is 2.71 bits per heavy atom. The summed E-state index contributed by atoms with van der Waals surface area (Å²) in [5, 5.41) is 0. The number of benzene rings is 1. The number of nitrogens with zero attached hydrogens (tertiary/aromatic N) is 1. The molecule has 1 heterocycles. The molecule has 0 saturated carbocycles. The van der Waals surface area contributed by atoms with Crippen molar-refractivity contribution in [3.63, 3.8) is 0 Å². The van der Waals surface area contributed by atoms with Crippen molar-refractivity contribution in [3.05, 3.63) is 47.5 Å². The monoisotopic (exact) mass is 283 g/mol. The summed E-state index contributed by atoms with van der Waals surface area (Å²) in [4.78, 5) is 15.4. The van der Waals surface area contributed by atoms with Gasteiger partial charge in [-0.3, -0.25) is 4.79 Å². The fourth-order valence-corrected chi connectivity index (χ4v) is 3.84. The van der Waals surface area contributed by atoms with Crippen LogP contribution in [0, 0.1) is 5.41 Å². The first-order valence-electron chi connectivity index (χ1n) is 8.21. The van der Waals surface area contributed by atoms with E-state index in [-0.39, 0.29) is 5.41 Å². The SMILES string of the molecule is CC=CCCN1CCC2(CCc3ccccc3C2=O)CC1. The lowest BCUT2D eigenvalue weighted by Crippen LogP contribution is -2.46. The summed E-state index contributed by atoms with van der Waals surface area (Å²) in [6, 6.07) is 8.19. The third kappa shape index (κ3) is 2.82. The van der Waals surface area contributed by atoms with Crippen molar-refractivity contribution in [2.24, 2.45) is 5.41 Å². The summed E-state index contributed by atoms with van der Waals surface area (Å²) in [5.74, 6) is 0.414. The second-order valence-corrected chi connectivity index (χ2v) is 6.47. The van der Waals surface area contributed by atoms with Crippen molar-refractivity contribution in [2.45, 2.75) is 39.0 Å². The van der Waals surface area contributed by atoms with Gasteiger partial charge in [-0.2, -0.15) is 0 Å². The molecule has 1 aromatic rings. The number of piperidine rings is 1. The van der Waals surface area contributed by atoms with E-state index in [1.807, 2.05) is 18.2 Å². The van der Waals surface area contributed by atoms with E-state index in [4.69, 9.17) is 0 Å². The van der Waals surface area contributed by atoms with E-state index < -0.39 is 0 Å². The lowest BCUT2D eigenvalue weighted by Gasteiger charge is -2.43. The highest BCUT2D eigenvalue weighted by molar-refractivity contribution is 6.02. The second kappa shape index (κ2) is 6.15. The standard InChI is InChI=1S/C19H25NO/c1-2-3-6-13-20-14-11-19(12-15-20)10-9-16-7-4-5-8-17(16)18(19)21/h2-5,7-8H,6,9-15H2,1H3. The maximum Gasteiger partial charge on any atom is 0.169 e. The van der Waals surface area contributed by atoms with E-state index in [0.29, 0.717) is 5.78 Å². The van der Waals surface area contributed by atoms with Crippen LogP contribution >= 0.6 is 0 Å². The zero-order valence-corrected chi connectivity index (χ0v) is 13.0. The molecule has 1 fully saturated rings. The van der Waals surface area contributed by atoms with Crippen LogP contribution in [-0.4, -0.2) is 30.3 Å². The van der Waals surface area contributed by atoms with E-state index in [9.17, 15) is 4.79 Å². The van der Waals surface area contributed by atoms with E-state index in [2.05, 4.69) is 30.0 Å². The molecule has 1 aliphatic carbocycles. The molecule has 2 aliphatic rings. The Bertz CT molecular complexity index is 538. The number of rotatable bonds is 3. The van der Waals surface area contributed by atoms with Crippen LogP contribution in [0.4, 0.5) is 0 Å². The molecular weight excluding hydrogens is 258 g/mol. The van der Waals surface area contributed by atoms with Gasteiger partial charge in [-0.25, -0.2) is 0 Å². The molecule has 0 radical (unpaired) electrons. The second-order valence-electron chi connectivity index (χ2n) is 6.47. The maximum atomic E-state index is 12.9. The van der Waals surface area contributed by atoms with Crippen LogP contribution in [0.5, 0.6) is 0 Å². The number of aryl methyl sites for hydroxylation is 1. The van der Waals surface area contributed by atoms with Gasteiger partial charge < -0.3 is 4.90 Å². The van der Waals surface area contributed by atoms with Gasteiger partial charge in [0.05, 0.1) is 0 Å². The Labute approximate surface area is 127 Å². The molecule has 0 bridgehead atoms. The highest BCUT2D eigenvalue weighted by Crippen LogP contribution is 2.43. The van der Waals surface area contributed by atoms with Crippen LogP contribution in [0.25, 0.3) is 0 Å². The van der Waals surface area contributed by atoms with E-state index in [1.165, 1.54) is 5.56 Å². The molecule has 1 spiro atoms. The summed E-state index contributed by atoms with van der Waals surface area (Å²) in [7, 11) is 0. The van der Waals surface area contributed by atoms with Gasteiger partial charge >= 0.3 is 0 Å². The molecule has 2 nitrogen and oxygen atoms in total. The Morgan fingerprint density at radius 1 is 1.19 bits per heavy atom. The molecular formula is C19H25NO. The summed E-state index contributed by atoms with van der Waals surface area (Å²) in [5.41, 5.74) is 2.18. The van der Waals surface area contributed by atoms with Gasteiger partial charge in [-0.1, -0.05) is 36.4 Å². The van der Waals surface area contributed by atoms with Crippen molar-refractivity contribution < 1.29 is 4.79 Å². The molecule has 0 atom stereocenters. The molecule has 0 aromatic heterocycles. The number of hydrogen-bond donors (Lipinski definition) is 0. The van der Waals surface area contributed by atoms with Gasteiger partial charge in [-0.05, 0) is 57.7 Å². The average Bonchev–Trinajstić information content (AvgIpc) is 2.53. The minimum Gasteiger partial charge on any atom is -0.303 e. The van der Waals surface area contributed by atoms with E-state index in [1.54, 1.807) is 0 Å². The Hall–Kier alpha value is -1.41. The van der Waals surface area contributed by atoms with Crippen molar-refractivity contribution in [3.8, 4) is 0 Å². The number of fused-ring (bicyclic) bond motifs is 1. The molecule has 1 aliphatic heterocycles. The van der Waals surface area contributed by atoms with Crippen molar-refractivity contribution in [2.75, 3.05) is 19.6 Å². The Balaban J connectivity index is 1.67. The fourth-order valence-electron chi connectivity index (χ4n) is 3.84. The lowest BCUT2D eigenvalue weighted by molar-refractivity contribution is 0.0545. The first-order valence-corrected chi connectivity index (χ1v) is 8.21. The minimum atomic E-state index is -0.0640. The number of carbonyl (C=O) groups excluding carboxylic acids is 1. The van der Waals surface area contributed by atoms with Crippen LogP contribution in [-0.2, 0) is 6.42 Å². The average molecular weight is 283 g/mol. The molecule has 0 amide bonds. The van der Waals surface area contributed by atoms with Crippen LogP contribution in [0.1, 0.15) is 48.5 Å². The maximum absolute atomic E-state index is 12.9. The number of carbonyl (C=O) groups is 1. The normalized spacial score (nSPS) is 21.9. The molecule has 1 aromatic carbocycles. The Kier molecular flexibility index (Phi) is 4.25. The molecule has 21 heavy (non-hydrogen) atoms. The van der Waals surface area contributed by atoms with Crippen LogP contribution < -0.4 is 0 Å². The van der Waals surface area contributed by atoms with Gasteiger partial charge in [0.15, 0.2) is 5.78 Å². The number of Topliss-reactive ketones (excluding diaryl/α,β-unsaturated/α-hetero) is 1. The highest BCUT2D eigenvalue weighted by atomic mass is 16.1. The van der Waals surface area contributed by atoms with Crippen LogP contribution in [0.3, 0.4) is 0 Å². The van der Waals surface area contributed by atoms with Gasteiger partial charge in [0, 0.05) is 17.5 Å². The predicted molar refractivity (Wildman–Crippen MR) is 86.6 cm³/mol. The first kappa shape index (κ1) is 14.5. The molecule has 3 rings (SSSR count). The quantitative estimate of drug-likeness (QED) is 0.785. The summed E-state index contributed by atoms with van der Waals surface area (Å²) < 4.78 is 0. The Morgan fingerprint density at radius 2 is 1.95 bits per heavy atom. The van der Waals surface area contributed by atoms with Gasteiger partial charge in [0.25, 0.3) is 0 Å². The summed E-state index contributed by atoms with van der Waals surface area (Å²) in [6.45, 7) is 5.35. The summed E-state index contributed by atoms with van der Waals surface area (Å²) in [6.07, 6.45) is 9.66. The number of likely N-dealkylation sites (tertiary alicyclic amines) is 1.